The van der Waals surface area contributed by atoms with E-state index in [1.807, 2.05) is 6.07 Å². The lowest BCUT2D eigenvalue weighted by molar-refractivity contribution is 0.224. The molecule has 0 bridgehead atoms. The Hall–Kier alpha value is -2.39. The molecule has 0 radical (unpaired) electrons. The van der Waals surface area contributed by atoms with E-state index in [-0.39, 0.29) is 10.8 Å². The molecule has 1 aliphatic heterocycles. The summed E-state index contributed by atoms with van der Waals surface area (Å²) in [7, 11) is -3.47. The van der Waals surface area contributed by atoms with E-state index in [2.05, 4.69) is 34.7 Å². The summed E-state index contributed by atoms with van der Waals surface area (Å²) < 4.78 is 23.9. The van der Waals surface area contributed by atoms with Gasteiger partial charge in [-0.15, -0.1) is 4.36 Å². The fourth-order valence-electron chi connectivity index (χ4n) is 3.86. The third kappa shape index (κ3) is 3.40. The van der Waals surface area contributed by atoms with E-state index in [4.69, 9.17) is 9.88 Å². The van der Waals surface area contributed by atoms with Gasteiger partial charge in [0.05, 0.1) is 12.8 Å². The molecule has 150 valence electrons. The summed E-state index contributed by atoms with van der Waals surface area (Å²) in [5.41, 5.74) is 4.21. The molecule has 0 spiro atoms. The van der Waals surface area contributed by atoms with Gasteiger partial charge in [0.1, 0.15) is 4.90 Å². The van der Waals surface area contributed by atoms with Crippen LogP contribution in [0, 0.1) is 0 Å². The molecule has 0 fully saturated rings. The second-order valence-corrected chi connectivity index (χ2v) is 9.26. The maximum atomic E-state index is 13.0. The van der Waals surface area contributed by atoms with Gasteiger partial charge in [0, 0.05) is 18.7 Å². The lowest BCUT2D eigenvalue weighted by Gasteiger charge is -2.18. The standard InChI is InChI=1S/C19H25N5O3S/c1-12(2)14-8-7-13-5-3-6-15(13)17(14)22-19(25)23-28(20,26)16-11-21-24-9-4-10-27-18(16)24/h7-8,11-12H,3-6,9-10H2,1-2H3,(H3,20,22,23,25,26)/t28-/m0/s1. The number of nitrogens with two attached hydrogens (primary N) is 1. The van der Waals surface area contributed by atoms with Crippen LogP contribution in [0.15, 0.2) is 27.6 Å². The quantitative estimate of drug-likeness (QED) is 0.819. The van der Waals surface area contributed by atoms with Gasteiger partial charge in [-0.25, -0.2) is 18.8 Å². The van der Waals surface area contributed by atoms with Crippen LogP contribution in [0.3, 0.4) is 0 Å². The van der Waals surface area contributed by atoms with Gasteiger partial charge in [-0.1, -0.05) is 26.0 Å². The largest absolute Gasteiger partial charge is 0.477 e. The summed E-state index contributed by atoms with van der Waals surface area (Å²) in [5, 5.41) is 12.9. The third-order valence-corrected chi connectivity index (χ3v) is 6.56. The number of nitrogens with zero attached hydrogens (tertiary/aromatic N) is 3. The maximum absolute atomic E-state index is 13.0. The molecule has 0 unspecified atom stereocenters. The minimum absolute atomic E-state index is 0.157. The van der Waals surface area contributed by atoms with Gasteiger partial charge in [-0.2, -0.15) is 5.10 Å². The molecule has 2 amide bonds. The molecule has 1 aliphatic carbocycles. The van der Waals surface area contributed by atoms with Gasteiger partial charge in [-0.05, 0) is 41.9 Å². The van der Waals surface area contributed by atoms with Crippen molar-refractivity contribution in [1.82, 2.24) is 9.78 Å². The van der Waals surface area contributed by atoms with Crippen molar-refractivity contribution in [2.24, 2.45) is 9.50 Å². The number of hydrogen-bond acceptors (Lipinski definition) is 4. The summed E-state index contributed by atoms with van der Waals surface area (Å²) in [6, 6.07) is 3.46. The fraction of sp³-hybridized carbons (Fsp3) is 0.474. The highest BCUT2D eigenvalue weighted by atomic mass is 32.2. The number of ether oxygens (including phenoxy) is 1. The predicted octanol–water partition coefficient (Wildman–Crippen LogP) is 3.21. The average Bonchev–Trinajstić information content (AvgIpc) is 3.28. The van der Waals surface area contributed by atoms with Crippen molar-refractivity contribution in [3.05, 3.63) is 35.0 Å². The van der Waals surface area contributed by atoms with Gasteiger partial charge in [0.15, 0.2) is 9.92 Å². The van der Waals surface area contributed by atoms with Gasteiger partial charge in [0.2, 0.25) is 5.88 Å². The van der Waals surface area contributed by atoms with Crippen molar-refractivity contribution >= 4 is 21.6 Å². The molecule has 4 rings (SSSR count). The number of carbonyl (C=O) groups is 1. The number of anilines is 1. The van der Waals surface area contributed by atoms with Gasteiger partial charge in [0.25, 0.3) is 0 Å². The number of rotatable bonds is 3. The Bertz CT molecular complexity index is 1050. The van der Waals surface area contributed by atoms with E-state index in [9.17, 15) is 9.00 Å². The summed E-state index contributed by atoms with van der Waals surface area (Å²) in [4.78, 5) is 12.8. The van der Waals surface area contributed by atoms with Crippen LogP contribution in [0.2, 0.25) is 0 Å². The summed E-state index contributed by atoms with van der Waals surface area (Å²) in [6.45, 7) is 5.30. The molecular weight excluding hydrogens is 378 g/mol. The monoisotopic (exact) mass is 403 g/mol. The van der Waals surface area contributed by atoms with Crippen LogP contribution in [0.25, 0.3) is 0 Å². The summed E-state index contributed by atoms with van der Waals surface area (Å²) in [6.07, 6.45) is 5.16. The molecule has 8 nitrogen and oxygen atoms in total. The zero-order chi connectivity index (χ0) is 19.9. The van der Waals surface area contributed by atoms with Gasteiger partial charge < -0.3 is 10.1 Å². The zero-order valence-corrected chi connectivity index (χ0v) is 16.9. The van der Waals surface area contributed by atoms with Gasteiger partial charge in [-0.3, -0.25) is 0 Å². The Morgan fingerprint density at radius 3 is 2.96 bits per heavy atom. The van der Waals surface area contributed by atoms with Gasteiger partial charge >= 0.3 is 6.03 Å². The van der Waals surface area contributed by atoms with Crippen LogP contribution >= 0.6 is 0 Å². The average molecular weight is 404 g/mol. The molecule has 0 saturated heterocycles. The number of fused-ring (bicyclic) bond motifs is 2. The molecule has 2 heterocycles. The van der Waals surface area contributed by atoms with Crippen LogP contribution in [-0.2, 0) is 29.3 Å². The number of hydrogen-bond donors (Lipinski definition) is 2. The number of nitrogens with one attached hydrogen (secondary N) is 1. The normalized spacial score (nSPS) is 17.4. The van der Waals surface area contributed by atoms with Crippen molar-refractivity contribution in [3.63, 3.8) is 0 Å². The smallest absolute Gasteiger partial charge is 0.354 e. The number of aromatic nitrogens is 2. The number of amides is 2. The molecule has 28 heavy (non-hydrogen) atoms. The maximum Gasteiger partial charge on any atom is 0.354 e. The van der Waals surface area contributed by atoms with E-state index >= 15 is 0 Å². The van der Waals surface area contributed by atoms with E-state index in [0.717, 1.165) is 42.5 Å². The topological polar surface area (TPSA) is 112 Å². The number of benzene rings is 1. The molecule has 2 aliphatic rings. The first-order valence-corrected chi connectivity index (χ1v) is 11.1. The van der Waals surface area contributed by atoms with Crippen LogP contribution in [0.1, 0.15) is 49.3 Å². The number of urea groups is 1. The second-order valence-electron chi connectivity index (χ2n) is 7.50. The van der Waals surface area contributed by atoms with Crippen LogP contribution < -0.4 is 15.2 Å². The Kier molecular flexibility index (Phi) is 4.88. The Balaban J connectivity index is 1.67. The van der Waals surface area contributed by atoms with Crippen LogP contribution in [-0.4, -0.2) is 26.6 Å². The van der Waals surface area contributed by atoms with E-state index < -0.39 is 15.9 Å². The van der Waals surface area contributed by atoms with Crippen molar-refractivity contribution in [1.29, 1.82) is 0 Å². The van der Waals surface area contributed by atoms with E-state index in [1.165, 1.54) is 11.8 Å². The van der Waals surface area contributed by atoms with Crippen molar-refractivity contribution in [3.8, 4) is 5.88 Å². The molecular formula is C19H25N5O3S. The first-order chi connectivity index (χ1) is 13.4. The molecule has 1 atom stereocenters. The minimum atomic E-state index is -3.47. The SMILES string of the molecule is CC(C)c1ccc2c(c1NC(=O)N=[S@](N)(=O)c1cnn3c1OCCC3)CCC2. The zero-order valence-electron chi connectivity index (χ0n) is 16.1. The highest BCUT2D eigenvalue weighted by molar-refractivity contribution is 7.91. The van der Waals surface area contributed by atoms with Crippen molar-refractivity contribution in [2.75, 3.05) is 11.9 Å². The predicted molar refractivity (Wildman–Crippen MR) is 107 cm³/mol. The summed E-state index contributed by atoms with van der Waals surface area (Å²) >= 11 is 0. The fourth-order valence-corrected chi connectivity index (χ4v) is 4.86. The number of aryl methyl sites for hydroxylation is 2. The Labute approximate surface area is 164 Å². The minimum Gasteiger partial charge on any atom is -0.477 e. The third-order valence-electron chi connectivity index (χ3n) is 5.22. The van der Waals surface area contributed by atoms with Crippen LogP contribution in [0.5, 0.6) is 5.88 Å². The first kappa shape index (κ1) is 18.9. The molecule has 0 saturated carbocycles. The highest BCUT2D eigenvalue weighted by Gasteiger charge is 2.25. The van der Waals surface area contributed by atoms with E-state index in [1.54, 1.807) is 4.68 Å². The van der Waals surface area contributed by atoms with E-state index in [0.29, 0.717) is 19.0 Å². The molecule has 2 aromatic rings. The van der Waals surface area contributed by atoms with Crippen LogP contribution in [0.4, 0.5) is 10.5 Å². The van der Waals surface area contributed by atoms with Crippen molar-refractivity contribution < 1.29 is 13.7 Å². The lowest BCUT2D eigenvalue weighted by atomic mass is 9.95. The highest BCUT2D eigenvalue weighted by Crippen LogP contribution is 2.35. The lowest BCUT2D eigenvalue weighted by Crippen LogP contribution is -2.21. The first-order valence-electron chi connectivity index (χ1n) is 9.56. The number of carbonyl (C=O) groups excluding carboxylic acids is 1. The molecule has 3 N–H and O–H groups in total. The molecule has 1 aromatic heterocycles. The van der Waals surface area contributed by atoms with Crippen molar-refractivity contribution in [2.45, 2.75) is 56.9 Å². The molecule has 1 aromatic carbocycles. The molecule has 9 heteroatoms. The Morgan fingerprint density at radius 1 is 1.36 bits per heavy atom. The second kappa shape index (κ2) is 7.21. The summed E-state index contributed by atoms with van der Waals surface area (Å²) in [5.74, 6) is 0.568. The Morgan fingerprint density at radius 2 is 2.18 bits per heavy atom.